The number of benzene rings is 1. The molecule has 90 valence electrons. The van der Waals surface area contributed by atoms with Crippen molar-refractivity contribution in [3.8, 4) is 11.3 Å². The molecule has 2 heterocycles. The molecule has 0 saturated carbocycles. The van der Waals surface area contributed by atoms with Crippen molar-refractivity contribution < 1.29 is 0 Å². The Morgan fingerprint density at radius 2 is 2.06 bits per heavy atom. The van der Waals surface area contributed by atoms with Crippen molar-refractivity contribution in [1.82, 2.24) is 20.4 Å². The van der Waals surface area contributed by atoms with Crippen LogP contribution in [0.5, 0.6) is 0 Å². The average molecular weight is 257 g/mol. The molecule has 0 atom stereocenters. The highest BCUT2D eigenvalue weighted by Gasteiger charge is 2.00. The first kappa shape index (κ1) is 10.9. The van der Waals surface area contributed by atoms with Crippen molar-refractivity contribution in [1.29, 1.82) is 0 Å². The van der Waals surface area contributed by atoms with Gasteiger partial charge in [0.25, 0.3) is 0 Å². The van der Waals surface area contributed by atoms with Crippen molar-refractivity contribution in [2.45, 2.75) is 6.54 Å². The van der Waals surface area contributed by atoms with Gasteiger partial charge in [-0.25, -0.2) is 0 Å². The van der Waals surface area contributed by atoms with Gasteiger partial charge in [-0.15, -0.1) is 10.2 Å². The molecule has 0 fully saturated rings. The molecule has 2 N–H and O–H groups in total. The van der Waals surface area contributed by atoms with Crippen LogP contribution in [0.15, 0.2) is 42.0 Å². The summed E-state index contributed by atoms with van der Waals surface area (Å²) in [5.41, 5.74) is 5.07. The lowest BCUT2D eigenvalue weighted by Crippen LogP contribution is -1.98. The van der Waals surface area contributed by atoms with Crippen molar-refractivity contribution in [3.05, 3.63) is 47.6 Å². The van der Waals surface area contributed by atoms with E-state index < -0.39 is 0 Å². The van der Waals surface area contributed by atoms with E-state index in [1.807, 2.05) is 6.07 Å². The molecular formula is C12H11N5S. The second kappa shape index (κ2) is 4.97. The molecule has 0 unspecified atom stereocenters. The Kier molecular flexibility index (Phi) is 3.01. The third kappa shape index (κ3) is 2.38. The third-order valence-electron chi connectivity index (χ3n) is 2.57. The second-order valence-corrected chi connectivity index (χ2v) is 4.60. The summed E-state index contributed by atoms with van der Waals surface area (Å²) in [4.78, 5) is 0. The molecule has 18 heavy (non-hydrogen) atoms. The molecule has 0 amide bonds. The second-order valence-electron chi connectivity index (χ2n) is 3.76. The largest absolute Gasteiger partial charge is 0.356 e. The zero-order valence-electron chi connectivity index (χ0n) is 9.50. The van der Waals surface area contributed by atoms with E-state index in [0.717, 1.165) is 22.9 Å². The molecular weight excluding hydrogens is 246 g/mol. The zero-order chi connectivity index (χ0) is 12.2. The first-order chi connectivity index (χ1) is 8.92. The van der Waals surface area contributed by atoms with Gasteiger partial charge >= 0.3 is 0 Å². The van der Waals surface area contributed by atoms with Crippen molar-refractivity contribution in [2.75, 3.05) is 5.32 Å². The monoisotopic (exact) mass is 257 g/mol. The van der Waals surface area contributed by atoms with E-state index in [2.05, 4.69) is 50.0 Å². The normalized spacial score (nSPS) is 10.4. The number of hydrogen-bond acceptors (Lipinski definition) is 5. The van der Waals surface area contributed by atoms with Crippen LogP contribution < -0.4 is 5.32 Å². The molecule has 3 aromatic rings. The average Bonchev–Trinajstić information content (AvgIpc) is 3.10. The lowest BCUT2D eigenvalue weighted by Gasteiger charge is -2.03. The molecule has 0 aliphatic rings. The van der Waals surface area contributed by atoms with Gasteiger partial charge in [0, 0.05) is 12.7 Å². The van der Waals surface area contributed by atoms with E-state index in [1.54, 1.807) is 11.7 Å². The maximum absolute atomic E-state index is 3.94. The Morgan fingerprint density at radius 3 is 2.72 bits per heavy atom. The van der Waals surface area contributed by atoms with Gasteiger partial charge in [0.2, 0.25) is 5.13 Å². The minimum Gasteiger partial charge on any atom is -0.356 e. The number of rotatable bonds is 4. The van der Waals surface area contributed by atoms with Crippen LogP contribution in [0.4, 0.5) is 5.13 Å². The summed E-state index contributed by atoms with van der Waals surface area (Å²) >= 11 is 1.50. The summed E-state index contributed by atoms with van der Waals surface area (Å²) in [6, 6.07) is 10.3. The fourth-order valence-electron chi connectivity index (χ4n) is 1.65. The molecule has 3 rings (SSSR count). The van der Waals surface area contributed by atoms with Crippen molar-refractivity contribution >= 4 is 16.5 Å². The van der Waals surface area contributed by atoms with E-state index in [1.165, 1.54) is 16.9 Å². The maximum Gasteiger partial charge on any atom is 0.205 e. The Labute approximate surface area is 108 Å². The van der Waals surface area contributed by atoms with Crippen LogP contribution in [0.25, 0.3) is 11.3 Å². The molecule has 0 aliphatic carbocycles. The van der Waals surface area contributed by atoms with Crippen molar-refractivity contribution in [3.63, 3.8) is 0 Å². The van der Waals surface area contributed by atoms with Gasteiger partial charge in [-0.1, -0.05) is 35.6 Å². The summed E-state index contributed by atoms with van der Waals surface area (Å²) in [5, 5.41) is 18.7. The Morgan fingerprint density at radius 1 is 1.17 bits per heavy atom. The maximum atomic E-state index is 3.94. The van der Waals surface area contributed by atoms with E-state index in [9.17, 15) is 0 Å². The summed E-state index contributed by atoms with van der Waals surface area (Å²) in [5.74, 6) is 0. The minimum absolute atomic E-state index is 0.748. The van der Waals surface area contributed by atoms with E-state index >= 15 is 0 Å². The van der Waals surface area contributed by atoms with Gasteiger partial charge in [0.15, 0.2) is 0 Å². The number of nitrogens with one attached hydrogen (secondary N) is 2. The van der Waals surface area contributed by atoms with E-state index in [-0.39, 0.29) is 0 Å². The molecule has 0 aliphatic heterocycles. The molecule has 6 heteroatoms. The van der Waals surface area contributed by atoms with E-state index in [0.29, 0.717) is 0 Å². The fourth-order valence-corrected chi connectivity index (χ4v) is 2.09. The summed E-state index contributed by atoms with van der Waals surface area (Å²) in [6.45, 7) is 0.748. The lowest BCUT2D eigenvalue weighted by molar-refractivity contribution is 1.05. The van der Waals surface area contributed by atoms with Gasteiger partial charge in [-0.3, -0.25) is 5.10 Å². The van der Waals surface area contributed by atoms with Crippen LogP contribution in [0.2, 0.25) is 0 Å². The molecule has 1 aromatic carbocycles. The third-order valence-corrected chi connectivity index (χ3v) is 3.22. The van der Waals surface area contributed by atoms with Crippen molar-refractivity contribution in [2.24, 2.45) is 0 Å². The zero-order valence-corrected chi connectivity index (χ0v) is 10.3. The van der Waals surface area contributed by atoms with Gasteiger partial charge in [0.05, 0.1) is 5.69 Å². The van der Waals surface area contributed by atoms with Crippen LogP contribution in [0, 0.1) is 0 Å². The molecule has 0 spiro atoms. The highest BCUT2D eigenvalue weighted by Crippen LogP contribution is 2.17. The van der Waals surface area contributed by atoms with Gasteiger partial charge in [-0.2, -0.15) is 5.10 Å². The smallest absolute Gasteiger partial charge is 0.205 e. The topological polar surface area (TPSA) is 66.5 Å². The van der Waals surface area contributed by atoms with Gasteiger partial charge < -0.3 is 5.32 Å². The predicted molar refractivity (Wildman–Crippen MR) is 71.3 cm³/mol. The molecule has 0 saturated heterocycles. The summed E-state index contributed by atoms with van der Waals surface area (Å²) < 4.78 is 0. The first-order valence-corrected chi connectivity index (χ1v) is 6.38. The molecule has 5 nitrogen and oxygen atoms in total. The number of aromatic nitrogens is 4. The summed E-state index contributed by atoms with van der Waals surface area (Å²) in [7, 11) is 0. The highest BCUT2D eigenvalue weighted by atomic mass is 32.1. The van der Waals surface area contributed by atoms with Crippen LogP contribution in [-0.2, 0) is 6.54 Å². The number of nitrogens with zero attached hydrogens (tertiary/aromatic N) is 3. The molecule has 0 bridgehead atoms. The van der Waals surface area contributed by atoms with Gasteiger partial charge in [0.1, 0.15) is 5.51 Å². The number of aromatic amines is 1. The minimum atomic E-state index is 0.748. The van der Waals surface area contributed by atoms with Gasteiger partial charge in [-0.05, 0) is 17.2 Å². The number of anilines is 1. The Hall–Kier alpha value is -2.21. The molecule has 2 aromatic heterocycles. The van der Waals surface area contributed by atoms with Crippen LogP contribution >= 0.6 is 11.3 Å². The lowest BCUT2D eigenvalue weighted by atomic mass is 10.1. The van der Waals surface area contributed by atoms with E-state index in [4.69, 9.17) is 0 Å². The fraction of sp³-hybridized carbons (Fsp3) is 0.0833. The Balaban J connectivity index is 1.68. The van der Waals surface area contributed by atoms with Crippen LogP contribution in [0.3, 0.4) is 0 Å². The van der Waals surface area contributed by atoms with Crippen LogP contribution in [-0.4, -0.2) is 20.4 Å². The summed E-state index contributed by atoms with van der Waals surface area (Å²) in [6.07, 6.45) is 1.75. The number of H-pyrrole nitrogens is 1. The SMILES string of the molecule is c1cc(-c2ccc(CNc3nncs3)cc2)[nH]n1. The highest BCUT2D eigenvalue weighted by molar-refractivity contribution is 7.13. The quantitative estimate of drug-likeness (QED) is 0.753. The van der Waals surface area contributed by atoms with Crippen LogP contribution in [0.1, 0.15) is 5.56 Å². The Bertz CT molecular complexity index is 586. The molecule has 0 radical (unpaired) electrons. The first-order valence-electron chi connectivity index (χ1n) is 5.50. The standard InChI is InChI=1S/C12H11N5S/c1-3-10(11-5-6-14-16-11)4-2-9(1)7-13-12-17-15-8-18-12/h1-6,8H,7H2,(H,13,17)(H,14,16). The number of hydrogen-bond donors (Lipinski definition) is 2. The predicted octanol–water partition coefficient (Wildman–Crippen LogP) is 2.54.